The van der Waals surface area contributed by atoms with Crippen molar-refractivity contribution in [1.82, 2.24) is 23.7 Å². The van der Waals surface area contributed by atoms with Crippen LogP contribution in [-0.2, 0) is 20.6 Å². The first-order chi connectivity index (χ1) is 13.8. The number of hydrogen-bond acceptors (Lipinski definition) is 5. The predicted octanol–water partition coefficient (Wildman–Crippen LogP) is 0.453. The Morgan fingerprint density at radius 1 is 1.17 bits per heavy atom. The van der Waals surface area contributed by atoms with Crippen LogP contribution in [-0.4, -0.2) is 48.0 Å². The van der Waals surface area contributed by atoms with Gasteiger partial charge in [0, 0.05) is 38.4 Å². The maximum Gasteiger partial charge on any atom is 0.332 e. The molecule has 9 heteroatoms. The van der Waals surface area contributed by atoms with Crippen molar-refractivity contribution < 1.29 is 5.11 Å². The van der Waals surface area contributed by atoms with E-state index in [9.17, 15) is 14.7 Å². The van der Waals surface area contributed by atoms with E-state index in [2.05, 4.69) is 16.0 Å². The molecular formula is C20H22N6O3. The average molecular weight is 394 g/mol. The Morgan fingerprint density at radius 3 is 2.66 bits per heavy atom. The molecule has 1 aromatic carbocycles. The lowest BCUT2D eigenvalue weighted by Gasteiger charge is -2.36. The quantitative estimate of drug-likeness (QED) is 0.526. The van der Waals surface area contributed by atoms with Gasteiger partial charge in [-0.15, -0.1) is 0 Å². The number of aliphatic hydroxyl groups is 1. The number of aliphatic hydroxyl groups excluding tert-OH is 1. The van der Waals surface area contributed by atoms with Gasteiger partial charge in [-0.25, -0.2) is 4.79 Å². The van der Waals surface area contributed by atoms with Gasteiger partial charge in [0.05, 0.1) is 12.6 Å². The van der Waals surface area contributed by atoms with Crippen LogP contribution < -0.4 is 16.1 Å². The summed E-state index contributed by atoms with van der Waals surface area (Å²) in [6.45, 7) is 3.11. The molecule has 4 aromatic rings. The van der Waals surface area contributed by atoms with Crippen molar-refractivity contribution in [3.63, 3.8) is 0 Å². The molecule has 5 rings (SSSR count). The molecular weight excluding hydrogens is 372 g/mol. The van der Waals surface area contributed by atoms with Crippen LogP contribution in [0.5, 0.6) is 0 Å². The molecule has 0 saturated carbocycles. The van der Waals surface area contributed by atoms with E-state index in [1.807, 2.05) is 30.0 Å². The third kappa shape index (κ3) is 2.61. The largest absolute Gasteiger partial charge is 0.389 e. The van der Waals surface area contributed by atoms with Crippen LogP contribution in [0, 0.1) is 6.92 Å². The average Bonchev–Trinajstić information content (AvgIpc) is 3.21. The summed E-state index contributed by atoms with van der Waals surface area (Å²) in [7, 11) is 3.38. The molecule has 0 aliphatic carbocycles. The van der Waals surface area contributed by atoms with Crippen LogP contribution in [0.4, 0.5) is 5.95 Å². The highest BCUT2D eigenvalue weighted by Gasteiger charge is 2.30. The zero-order chi connectivity index (χ0) is 20.4. The molecule has 29 heavy (non-hydrogen) atoms. The maximum absolute atomic E-state index is 13.2. The summed E-state index contributed by atoms with van der Waals surface area (Å²) in [6.07, 6.45) is -0.388. The fraction of sp³-hybridized carbons (Fsp3) is 0.350. The first-order valence-corrected chi connectivity index (χ1v) is 9.51. The van der Waals surface area contributed by atoms with E-state index in [0.717, 1.165) is 22.2 Å². The second-order valence-electron chi connectivity index (χ2n) is 7.82. The van der Waals surface area contributed by atoms with Gasteiger partial charge < -0.3 is 19.6 Å². The zero-order valence-corrected chi connectivity index (χ0v) is 16.5. The molecule has 0 bridgehead atoms. The zero-order valence-electron chi connectivity index (χ0n) is 16.5. The lowest BCUT2D eigenvalue weighted by molar-refractivity contribution is 0.140. The number of rotatable bonds is 3. The van der Waals surface area contributed by atoms with Crippen molar-refractivity contribution in [1.29, 1.82) is 0 Å². The molecule has 0 unspecified atom stereocenters. The monoisotopic (exact) mass is 394 g/mol. The molecule has 0 spiro atoms. The highest BCUT2D eigenvalue weighted by molar-refractivity contribution is 5.81. The Hall–Kier alpha value is -3.33. The number of nitrogens with zero attached hydrogens (tertiary/aromatic N) is 5. The van der Waals surface area contributed by atoms with Gasteiger partial charge in [0.25, 0.3) is 5.56 Å². The molecule has 1 aliphatic heterocycles. The Bertz CT molecular complexity index is 1380. The van der Waals surface area contributed by atoms with Crippen molar-refractivity contribution in [2.75, 3.05) is 18.0 Å². The third-order valence-corrected chi connectivity index (χ3v) is 5.64. The van der Waals surface area contributed by atoms with Crippen LogP contribution in [0.15, 0.2) is 33.9 Å². The molecule has 1 saturated heterocycles. The van der Waals surface area contributed by atoms with E-state index in [4.69, 9.17) is 0 Å². The smallest absolute Gasteiger partial charge is 0.332 e. The van der Waals surface area contributed by atoms with Gasteiger partial charge in [0.15, 0.2) is 11.2 Å². The number of β-amino-alcohol motifs (C(OH)–C–C–N with tert-alkyl or cyclic N) is 1. The third-order valence-electron chi connectivity index (χ3n) is 5.64. The highest BCUT2D eigenvalue weighted by Crippen LogP contribution is 2.22. The standard InChI is InChI=1S/C20H22N6O3/c1-11-4-5-15-12(6-11)7-13(21-15)8-26-18(28)16-17(24(3)20(26)29)22-19(23(16)2)25-9-14(27)10-25/h4-7,14,21,27H,8-10H2,1-3H3. The molecule has 150 valence electrons. The molecule has 1 fully saturated rings. The molecule has 0 atom stereocenters. The van der Waals surface area contributed by atoms with Crippen molar-refractivity contribution in [2.45, 2.75) is 19.6 Å². The van der Waals surface area contributed by atoms with Gasteiger partial charge in [0.1, 0.15) is 0 Å². The number of imidazole rings is 1. The van der Waals surface area contributed by atoms with E-state index < -0.39 is 5.69 Å². The molecule has 2 N–H and O–H groups in total. The number of hydrogen-bond donors (Lipinski definition) is 2. The van der Waals surface area contributed by atoms with Crippen molar-refractivity contribution in [3.05, 3.63) is 56.4 Å². The summed E-state index contributed by atoms with van der Waals surface area (Å²) in [5.74, 6) is 0.580. The Kier molecular flexibility index (Phi) is 3.72. The lowest BCUT2D eigenvalue weighted by Crippen LogP contribution is -2.51. The predicted molar refractivity (Wildman–Crippen MR) is 111 cm³/mol. The molecule has 1 aliphatic rings. The molecule has 0 radical (unpaired) electrons. The second-order valence-corrected chi connectivity index (χ2v) is 7.82. The Balaban J connectivity index is 1.64. The van der Waals surface area contributed by atoms with Crippen LogP contribution in [0.1, 0.15) is 11.3 Å². The number of aryl methyl sites for hydroxylation is 3. The number of benzene rings is 1. The van der Waals surface area contributed by atoms with Crippen LogP contribution in [0.3, 0.4) is 0 Å². The normalized spacial score (nSPS) is 14.8. The van der Waals surface area contributed by atoms with Gasteiger partial charge in [0.2, 0.25) is 5.95 Å². The van der Waals surface area contributed by atoms with E-state index in [1.165, 1.54) is 9.13 Å². The topological polar surface area (TPSA) is 101 Å². The summed E-state index contributed by atoms with van der Waals surface area (Å²) in [4.78, 5) is 35.8. The van der Waals surface area contributed by atoms with Crippen LogP contribution in [0.25, 0.3) is 22.1 Å². The van der Waals surface area contributed by atoms with E-state index in [1.54, 1.807) is 18.7 Å². The van der Waals surface area contributed by atoms with Gasteiger partial charge >= 0.3 is 5.69 Å². The number of fused-ring (bicyclic) bond motifs is 2. The first-order valence-electron chi connectivity index (χ1n) is 9.51. The number of nitrogens with one attached hydrogen (secondary N) is 1. The maximum atomic E-state index is 13.2. The van der Waals surface area contributed by atoms with E-state index in [0.29, 0.717) is 30.2 Å². The number of anilines is 1. The first kappa shape index (κ1) is 17.7. The van der Waals surface area contributed by atoms with Crippen molar-refractivity contribution in [3.8, 4) is 0 Å². The lowest BCUT2D eigenvalue weighted by atomic mass is 10.2. The minimum atomic E-state index is -0.411. The molecule has 4 heterocycles. The van der Waals surface area contributed by atoms with Crippen molar-refractivity contribution in [2.24, 2.45) is 14.1 Å². The minimum Gasteiger partial charge on any atom is -0.389 e. The summed E-state index contributed by atoms with van der Waals surface area (Å²) >= 11 is 0. The van der Waals surface area contributed by atoms with Crippen LogP contribution >= 0.6 is 0 Å². The summed E-state index contributed by atoms with van der Waals surface area (Å²) in [5.41, 5.74) is 2.84. The molecule has 9 nitrogen and oxygen atoms in total. The molecule has 0 amide bonds. The highest BCUT2D eigenvalue weighted by atomic mass is 16.3. The van der Waals surface area contributed by atoms with Crippen molar-refractivity contribution >= 4 is 28.0 Å². The Morgan fingerprint density at radius 2 is 1.93 bits per heavy atom. The molecule has 3 aromatic heterocycles. The summed E-state index contributed by atoms with van der Waals surface area (Å²) < 4.78 is 4.34. The van der Waals surface area contributed by atoms with Gasteiger partial charge in [-0.2, -0.15) is 4.98 Å². The number of aromatic amines is 1. The van der Waals surface area contributed by atoms with Crippen LogP contribution in [0.2, 0.25) is 0 Å². The van der Waals surface area contributed by atoms with Gasteiger partial charge in [-0.1, -0.05) is 11.6 Å². The fourth-order valence-electron chi connectivity index (χ4n) is 4.04. The second kappa shape index (κ2) is 6.08. The fourth-order valence-corrected chi connectivity index (χ4v) is 4.04. The minimum absolute atomic E-state index is 0.151. The number of H-pyrrole nitrogens is 1. The number of aromatic nitrogens is 5. The van der Waals surface area contributed by atoms with Gasteiger partial charge in [-0.3, -0.25) is 13.9 Å². The van der Waals surface area contributed by atoms with E-state index >= 15 is 0 Å². The van der Waals surface area contributed by atoms with E-state index in [-0.39, 0.29) is 18.2 Å². The van der Waals surface area contributed by atoms with Gasteiger partial charge in [-0.05, 0) is 30.5 Å². The summed E-state index contributed by atoms with van der Waals surface area (Å²) in [6, 6.07) is 8.04. The summed E-state index contributed by atoms with van der Waals surface area (Å²) in [5, 5.41) is 10.6. The SMILES string of the molecule is Cc1ccc2[nH]c(Cn3c(=O)c4c(nc(N5CC(O)C5)n4C)n(C)c3=O)cc2c1. The Labute approximate surface area is 165 Å².